The molecule has 1 aliphatic heterocycles. The second-order valence-electron chi connectivity index (χ2n) is 7.85. The van der Waals surface area contributed by atoms with E-state index in [4.69, 9.17) is 30.8 Å². The van der Waals surface area contributed by atoms with Gasteiger partial charge < -0.3 is 19.5 Å². The van der Waals surface area contributed by atoms with Crippen molar-refractivity contribution in [3.8, 4) is 22.9 Å². The Morgan fingerprint density at radius 2 is 1.97 bits per heavy atom. The minimum Gasteiger partial charge on any atom is -0.493 e. The van der Waals surface area contributed by atoms with Crippen LogP contribution in [-0.2, 0) is 4.74 Å². The fourth-order valence-corrected chi connectivity index (χ4v) is 4.65. The molecule has 7 nitrogen and oxygen atoms in total. The number of benzene rings is 1. The second kappa shape index (κ2) is 10.7. The molecule has 0 bridgehead atoms. The molecule has 0 unspecified atom stereocenters. The first-order chi connectivity index (χ1) is 15.5. The number of pyridine rings is 1. The maximum absolute atomic E-state index is 6.76. The Bertz CT molecular complexity index is 1050. The quantitative estimate of drug-likeness (QED) is 0.469. The molecule has 172 valence electrons. The lowest BCUT2D eigenvalue weighted by Crippen LogP contribution is -2.38. The van der Waals surface area contributed by atoms with Gasteiger partial charge in [0.2, 0.25) is 0 Å². The Morgan fingerprint density at radius 1 is 1.16 bits per heavy atom. The summed E-state index contributed by atoms with van der Waals surface area (Å²) >= 11 is 8.32. The van der Waals surface area contributed by atoms with Crippen LogP contribution >= 0.6 is 22.9 Å². The van der Waals surface area contributed by atoms with E-state index >= 15 is 0 Å². The molecule has 0 radical (unpaired) electrons. The molecule has 1 aromatic carbocycles. The third-order valence-corrected chi connectivity index (χ3v) is 6.23. The average Bonchev–Trinajstić information content (AvgIpc) is 3.24. The van der Waals surface area contributed by atoms with Crippen LogP contribution in [0, 0.1) is 0 Å². The van der Waals surface area contributed by atoms with Crippen molar-refractivity contribution < 1.29 is 14.2 Å². The van der Waals surface area contributed by atoms with Gasteiger partial charge in [0.05, 0.1) is 31.0 Å². The van der Waals surface area contributed by atoms with E-state index in [-0.39, 0.29) is 0 Å². The molecule has 9 heteroatoms. The molecule has 0 atom stereocenters. The lowest BCUT2D eigenvalue weighted by molar-refractivity contribution is 0.0322. The van der Waals surface area contributed by atoms with Crippen molar-refractivity contribution in [3.05, 3.63) is 28.6 Å². The number of ether oxygens (including phenoxy) is 3. The molecule has 0 saturated carbocycles. The molecule has 32 heavy (non-hydrogen) atoms. The van der Waals surface area contributed by atoms with E-state index in [2.05, 4.69) is 29.0 Å². The Labute approximate surface area is 197 Å². The summed E-state index contributed by atoms with van der Waals surface area (Å²) in [7, 11) is 0. The highest BCUT2D eigenvalue weighted by Crippen LogP contribution is 2.38. The first kappa shape index (κ1) is 23.0. The SMILES string of the molecule is CCOc1cc(-c2csc(NC(C)C)n2)nc2c(Cl)c(OCCN3CCOCC3)ccc12. The van der Waals surface area contributed by atoms with Crippen LogP contribution in [0.3, 0.4) is 0 Å². The maximum Gasteiger partial charge on any atom is 0.183 e. The lowest BCUT2D eigenvalue weighted by Gasteiger charge is -2.26. The molecule has 0 amide bonds. The molecule has 3 aromatic rings. The third-order valence-electron chi connectivity index (χ3n) is 5.09. The highest BCUT2D eigenvalue weighted by Gasteiger charge is 2.17. The fourth-order valence-electron chi connectivity index (χ4n) is 3.54. The van der Waals surface area contributed by atoms with E-state index in [1.165, 1.54) is 0 Å². The summed E-state index contributed by atoms with van der Waals surface area (Å²) in [6, 6.07) is 6.08. The molecule has 0 aliphatic carbocycles. The zero-order valence-corrected chi connectivity index (χ0v) is 20.3. The van der Waals surface area contributed by atoms with E-state index in [1.54, 1.807) is 11.3 Å². The van der Waals surface area contributed by atoms with Crippen molar-refractivity contribution in [3.63, 3.8) is 0 Å². The van der Waals surface area contributed by atoms with Gasteiger partial charge in [-0.2, -0.15) is 0 Å². The molecular formula is C23H29ClN4O3S. The molecule has 4 rings (SSSR count). The van der Waals surface area contributed by atoms with Gasteiger partial charge in [0.25, 0.3) is 0 Å². The van der Waals surface area contributed by atoms with Crippen LogP contribution in [0.1, 0.15) is 20.8 Å². The number of anilines is 1. The Kier molecular flexibility index (Phi) is 7.67. The van der Waals surface area contributed by atoms with Crippen LogP contribution < -0.4 is 14.8 Å². The van der Waals surface area contributed by atoms with Crippen LogP contribution in [0.4, 0.5) is 5.13 Å². The van der Waals surface area contributed by atoms with Crippen molar-refractivity contribution in [1.29, 1.82) is 0 Å². The van der Waals surface area contributed by atoms with Crippen LogP contribution in [0.5, 0.6) is 11.5 Å². The van der Waals surface area contributed by atoms with Gasteiger partial charge in [-0.1, -0.05) is 11.6 Å². The van der Waals surface area contributed by atoms with Crippen LogP contribution in [-0.4, -0.2) is 67.0 Å². The lowest BCUT2D eigenvalue weighted by atomic mass is 10.1. The van der Waals surface area contributed by atoms with E-state index in [1.807, 2.05) is 30.5 Å². The normalized spacial score (nSPS) is 14.8. The zero-order valence-electron chi connectivity index (χ0n) is 18.7. The topological polar surface area (TPSA) is 68.7 Å². The predicted octanol–water partition coefficient (Wildman–Crippen LogP) is 4.94. The van der Waals surface area contributed by atoms with Gasteiger partial charge in [0.15, 0.2) is 5.13 Å². The Balaban J connectivity index is 1.61. The molecule has 0 spiro atoms. The number of morpholine rings is 1. The van der Waals surface area contributed by atoms with E-state index in [9.17, 15) is 0 Å². The summed E-state index contributed by atoms with van der Waals surface area (Å²) < 4.78 is 17.3. The van der Waals surface area contributed by atoms with Crippen molar-refractivity contribution in [2.45, 2.75) is 26.8 Å². The van der Waals surface area contributed by atoms with E-state index in [0.29, 0.717) is 35.5 Å². The average molecular weight is 477 g/mol. The van der Waals surface area contributed by atoms with Gasteiger partial charge in [0.1, 0.15) is 28.8 Å². The summed E-state index contributed by atoms with van der Waals surface area (Å²) in [5.74, 6) is 1.36. The molecule has 1 N–H and O–H groups in total. The van der Waals surface area contributed by atoms with Crippen LogP contribution in [0.25, 0.3) is 22.3 Å². The molecule has 3 heterocycles. The zero-order chi connectivity index (χ0) is 22.5. The minimum atomic E-state index is 0.309. The van der Waals surface area contributed by atoms with Crippen LogP contribution in [0.2, 0.25) is 5.02 Å². The van der Waals surface area contributed by atoms with Crippen molar-refractivity contribution in [1.82, 2.24) is 14.9 Å². The van der Waals surface area contributed by atoms with Gasteiger partial charge in [-0.15, -0.1) is 11.3 Å². The summed E-state index contributed by atoms with van der Waals surface area (Å²) in [5, 5.41) is 7.53. The number of nitrogens with zero attached hydrogens (tertiary/aromatic N) is 3. The Morgan fingerprint density at radius 3 is 2.72 bits per heavy atom. The largest absolute Gasteiger partial charge is 0.493 e. The number of aromatic nitrogens is 2. The van der Waals surface area contributed by atoms with Gasteiger partial charge in [-0.3, -0.25) is 4.90 Å². The van der Waals surface area contributed by atoms with Gasteiger partial charge in [0, 0.05) is 42.5 Å². The predicted molar refractivity (Wildman–Crippen MR) is 131 cm³/mol. The number of thiazole rings is 1. The Hall–Kier alpha value is -2.13. The molecule has 1 saturated heterocycles. The third kappa shape index (κ3) is 5.43. The summed E-state index contributed by atoms with van der Waals surface area (Å²) in [5.41, 5.74) is 2.17. The monoisotopic (exact) mass is 476 g/mol. The number of hydrogen-bond donors (Lipinski definition) is 1. The first-order valence-corrected chi connectivity index (χ1v) is 12.2. The van der Waals surface area contributed by atoms with Crippen molar-refractivity contribution in [2.75, 3.05) is 51.4 Å². The number of hydrogen-bond acceptors (Lipinski definition) is 8. The van der Waals surface area contributed by atoms with Crippen molar-refractivity contribution in [2.24, 2.45) is 0 Å². The smallest absolute Gasteiger partial charge is 0.183 e. The number of rotatable bonds is 9. The summed E-state index contributed by atoms with van der Waals surface area (Å²) in [6.45, 7) is 11.5. The standard InChI is InChI=1S/C23H29ClN4O3S/c1-4-30-20-13-17(18-14-32-23(27-18)25-15(2)3)26-22-16(20)5-6-19(21(22)24)31-12-9-28-7-10-29-11-8-28/h5-6,13-15H,4,7-12H2,1-3H3,(H,25,27). The number of halogens is 1. The minimum absolute atomic E-state index is 0.309. The maximum atomic E-state index is 6.76. The van der Waals surface area contributed by atoms with Gasteiger partial charge in [-0.25, -0.2) is 9.97 Å². The van der Waals surface area contributed by atoms with Crippen molar-refractivity contribution >= 4 is 39.0 Å². The van der Waals surface area contributed by atoms with E-state index in [0.717, 1.165) is 60.5 Å². The molecular weight excluding hydrogens is 448 g/mol. The summed E-state index contributed by atoms with van der Waals surface area (Å²) in [4.78, 5) is 11.8. The molecule has 1 aliphatic rings. The molecule has 2 aromatic heterocycles. The number of nitrogens with one attached hydrogen (secondary N) is 1. The second-order valence-corrected chi connectivity index (χ2v) is 9.09. The van der Waals surface area contributed by atoms with Gasteiger partial charge >= 0.3 is 0 Å². The van der Waals surface area contributed by atoms with E-state index < -0.39 is 0 Å². The van der Waals surface area contributed by atoms with Gasteiger partial charge in [-0.05, 0) is 32.9 Å². The van der Waals surface area contributed by atoms with Crippen LogP contribution in [0.15, 0.2) is 23.6 Å². The summed E-state index contributed by atoms with van der Waals surface area (Å²) in [6.07, 6.45) is 0. The number of fused-ring (bicyclic) bond motifs is 1. The highest BCUT2D eigenvalue weighted by atomic mass is 35.5. The molecule has 1 fully saturated rings. The fraction of sp³-hybridized carbons (Fsp3) is 0.478. The first-order valence-electron chi connectivity index (χ1n) is 11.0. The highest BCUT2D eigenvalue weighted by molar-refractivity contribution is 7.14.